The van der Waals surface area contributed by atoms with E-state index >= 15 is 0 Å². The van der Waals surface area contributed by atoms with E-state index in [9.17, 15) is 0 Å². The van der Waals surface area contributed by atoms with Crippen molar-refractivity contribution in [2.75, 3.05) is 0 Å². The van der Waals surface area contributed by atoms with E-state index in [0.717, 1.165) is 27.6 Å². The molecule has 0 fully saturated rings. The molecule has 0 aliphatic carbocycles. The Balaban J connectivity index is 1.42. The predicted octanol–water partition coefficient (Wildman–Crippen LogP) is 8.11. The number of nitrogens with zero attached hydrogens (tertiary/aromatic N) is 4. The van der Waals surface area contributed by atoms with Crippen LogP contribution in [0, 0.1) is 0 Å². The molecule has 7 aromatic rings. The Morgan fingerprint density at radius 3 is 1.94 bits per heavy atom. The minimum absolute atomic E-state index is 0.178. The van der Waals surface area contributed by atoms with Gasteiger partial charge >= 0.3 is 0 Å². The van der Waals surface area contributed by atoms with Crippen molar-refractivity contribution in [3.05, 3.63) is 121 Å². The fourth-order valence-electron chi connectivity index (χ4n) is 4.99. The summed E-state index contributed by atoms with van der Waals surface area (Å²) in [6.07, 6.45) is 0. The Labute approximate surface area is 212 Å². The van der Waals surface area contributed by atoms with Gasteiger partial charge in [0.25, 0.3) is 0 Å². The summed E-state index contributed by atoms with van der Waals surface area (Å²) in [6, 6.07) is 39.6. The molecule has 0 unspecified atom stereocenters. The molecule has 0 atom stereocenters. The first-order valence-electron chi connectivity index (χ1n) is 11.7. The van der Waals surface area contributed by atoms with Crippen LogP contribution < -0.4 is 0 Å². The van der Waals surface area contributed by atoms with Gasteiger partial charge in [0.15, 0.2) is 11.6 Å². The summed E-state index contributed by atoms with van der Waals surface area (Å²) in [5.74, 6) is 1.12. The fourth-order valence-corrected chi connectivity index (χ4v) is 5.15. The fraction of sp³-hybridized carbons (Fsp3) is 0. The van der Waals surface area contributed by atoms with Gasteiger partial charge in [0.1, 0.15) is 0 Å². The highest BCUT2D eigenvalue weighted by Crippen LogP contribution is 2.34. The lowest BCUT2D eigenvalue weighted by Gasteiger charge is -2.12. The van der Waals surface area contributed by atoms with Crippen LogP contribution in [-0.4, -0.2) is 19.5 Å². The average molecular weight is 483 g/mol. The molecular formula is C31H19ClN4. The molecule has 5 heteroatoms. The standard InChI is InChI=1S/C31H19ClN4/c32-31-34-29(20-9-2-1-3-10-20)33-30(35-31)26-14-8-11-21-19-22(17-18-23(21)26)36-27-15-6-4-12-24(27)25-13-5-7-16-28(25)36/h1-19H. The van der Waals surface area contributed by atoms with Crippen LogP contribution in [0.1, 0.15) is 0 Å². The van der Waals surface area contributed by atoms with Crippen molar-refractivity contribution in [1.82, 2.24) is 19.5 Å². The zero-order chi connectivity index (χ0) is 24.1. The van der Waals surface area contributed by atoms with Crippen LogP contribution >= 0.6 is 11.6 Å². The number of hydrogen-bond donors (Lipinski definition) is 0. The molecule has 0 aliphatic rings. The molecular weight excluding hydrogens is 464 g/mol. The second-order valence-corrected chi connectivity index (χ2v) is 9.04. The van der Waals surface area contributed by atoms with E-state index < -0.39 is 0 Å². The van der Waals surface area contributed by atoms with Crippen LogP contribution in [0.5, 0.6) is 0 Å². The smallest absolute Gasteiger partial charge is 0.226 e. The van der Waals surface area contributed by atoms with E-state index in [1.54, 1.807) is 0 Å². The second-order valence-electron chi connectivity index (χ2n) is 8.70. The molecule has 0 spiro atoms. The third-order valence-electron chi connectivity index (χ3n) is 6.58. The maximum atomic E-state index is 6.34. The number of fused-ring (bicyclic) bond motifs is 4. The number of hydrogen-bond acceptors (Lipinski definition) is 3. The molecule has 170 valence electrons. The Morgan fingerprint density at radius 1 is 0.528 bits per heavy atom. The number of para-hydroxylation sites is 2. The van der Waals surface area contributed by atoms with Crippen molar-refractivity contribution < 1.29 is 0 Å². The van der Waals surface area contributed by atoms with Crippen LogP contribution in [0.2, 0.25) is 5.28 Å². The topological polar surface area (TPSA) is 43.6 Å². The third-order valence-corrected chi connectivity index (χ3v) is 6.75. The molecule has 4 nitrogen and oxygen atoms in total. The average Bonchev–Trinajstić information content (AvgIpc) is 3.27. The Hall–Kier alpha value is -4.54. The van der Waals surface area contributed by atoms with Crippen LogP contribution in [0.4, 0.5) is 0 Å². The number of aromatic nitrogens is 4. The largest absolute Gasteiger partial charge is 0.309 e. The highest BCUT2D eigenvalue weighted by molar-refractivity contribution is 6.28. The van der Waals surface area contributed by atoms with E-state index in [1.165, 1.54) is 21.8 Å². The van der Waals surface area contributed by atoms with Crippen LogP contribution in [0.25, 0.3) is 61.0 Å². The van der Waals surface area contributed by atoms with Crippen LogP contribution in [0.3, 0.4) is 0 Å². The lowest BCUT2D eigenvalue weighted by molar-refractivity contribution is 1.07. The molecule has 0 N–H and O–H groups in total. The molecule has 0 aliphatic heterocycles. The van der Waals surface area contributed by atoms with Crippen LogP contribution in [-0.2, 0) is 0 Å². The van der Waals surface area contributed by atoms with Gasteiger partial charge < -0.3 is 4.57 Å². The van der Waals surface area contributed by atoms with E-state index in [2.05, 4.69) is 87.3 Å². The molecule has 36 heavy (non-hydrogen) atoms. The van der Waals surface area contributed by atoms with Gasteiger partial charge in [0.05, 0.1) is 11.0 Å². The first-order chi connectivity index (χ1) is 17.8. The lowest BCUT2D eigenvalue weighted by atomic mass is 10.0. The molecule has 2 heterocycles. The van der Waals surface area contributed by atoms with Gasteiger partial charge in [-0.05, 0) is 46.6 Å². The summed E-state index contributed by atoms with van der Waals surface area (Å²) >= 11 is 6.34. The minimum Gasteiger partial charge on any atom is -0.309 e. The van der Waals surface area contributed by atoms with Gasteiger partial charge in [-0.3, -0.25) is 0 Å². The van der Waals surface area contributed by atoms with Crippen molar-refractivity contribution in [3.63, 3.8) is 0 Å². The number of halogens is 1. The second kappa shape index (κ2) is 8.29. The Morgan fingerprint density at radius 2 is 1.19 bits per heavy atom. The van der Waals surface area contributed by atoms with E-state index in [-0.39, 0.29) is 5.28 Å². The van der Waals surface area contributed by atoms with E-state index in [0.29, 0.717) is 11.6 Å². The Bertz CT molecular complexity index is 1850. The number of rotatable bonds is 3. The van der Waals surface area contributed by atoms with Gasteiger partial charge in [-0.2, -0.15) is 9.97 Å². The SMILES string of the molecule is Clc1nc(-c2ccccc2)nc(-c2cccc3cc(-n4c5ccccc5c5ccccc54)ccc23)n1. The zero-order valence-corrected chi connectivity index (χ0v) is 19.9. The van der Waals surface area contributed by atoms with Gasteiger partial charge in [-0.15, -0.1) is 0 Å². The zero-order valence-electron chi connectivity index (χ0n) is 19.1. The van der Waals surface area contributed by atoms with E-state index in [1.807, 2.05) is 42.5 Å². The van der Waals surface area contributed by atoms with Crippen molar-refractivity contribution in [1.29, 1.82) is 0 Å². The maximum Gasteiger partial charge on any atom is 0.226 e. The summed E-state index contributed by atoms with van der Waals surface area (Å²) in [4.78, 5) is 13.6. The van der Waals surface area contributed by atoms with Gasteiger partial charge in [0, 0.05) is 27.6 Å². The molecule has 2 aromatic heterocycles. The summed E-state index contributed by atoms with van der Waals surface area (Å²) in [7, 11) is 0. The quantitative estimate of drug-likeness (QED) is 0.255. The lowest BCUT2D eigenvalue weighted by Crippen LogP contribution is -1.98. The normalized spacial score (nSPS) is 11.5. The molecule has 0 saturated heterocycles. The van der Waals surface area contributed by atoms with Gasteiger partial charge in [-0.25, -0.2) is 4.98 Å². The van der Waals surface area contributed by atoms with Crippen LogP contribution in [0.15, 0.2) is 115 Å². The van der Waals surface area contributed by atoms with Crippen molar-refractivity contribution in [2.24, 2.45) is 0 Å². The van der Waals surface area contributed by atoms with Gasteiger partial charge in [0.2, 0.25) is 5.28 Å². The predicted molar refractivity (Wildman–Crippen MR) is 148 cm³/mol. The summed E-state index contributed by atoms with van der Waals surface area (Å²) in [6.45, 7) is 0. The summed E-state index contributed by atoms with van der Waals surface area (Å²) in [5.41, 5.74) is 5.30. The first kappa shape index (κ1) is 20.8. The first-order valence-corrected chi connectivity index (χ1v) is 12.1. The van der Waals surface area contributed by atoms with Gasteiger partial charge in [-0.1, -0.05) is 91.0 Å². The molecule has 0 amide bonds. The molecule has 0 radical (unpaired) electrons. The van der Waals surface area contributed by atoms with Crippen molar-refractivity contribution >= 4 is 44.2 Å². The Kier molecular flexibility index (Phi) is 4.79. The molecule has 0 bridgehead atoms. The maximum absolute atomic E-state index is 6.34. The molecule has 5 aromatic carbocycles. The summed E-state index contributed by atoms with van der Waals surface area (Å²) < 4.78 is 2.32. The molecule has 0 saturated carbocycles. The van der Waals surface area contributed by atoms with Crippen molar-refractivity contribution in [3.8, 4) is 28.5 Å². The molecule has 7 rings (SSSR count). The van der Waals surface area contributed by atoms with E-state index in [4.69, 9.17) is 16.6 Å². The highest BCUT2D eigenvalue weighted by Gasteiger charge is 2.15. The number of benzene rings is 5. The highest BCUT2D eigenvalue weighted by atomic mass is 35.5. The summed E-state index contributed by atoms with van der Waals surface area (Å²) in [5, 5.41) is 4.83. The monoisotopic (exact) mass is 482 g/mol. The minimum atomic E-state index is 0.178. The van der Waals surface area contributed by atoms with Crippen molar-refractivity contribution in [2.45, 2.75) is 0 Å². The third kappa shape index (κ3) is 3.35.